The lowest BCUT2D eigenvalue weighted by atomic mass is 9.87. The van der Waals surface area contributed by atoms with Gasteiger partial charge >= 0.3 is 5.97 Å². The number of nitrogens with zero attached hydrogens (tertiary/aromatic N) is 1. The maximum absolute atomic E-state index is 12.4. The molecule has 1 aromatic heterocycles. The third-order valence-electron chi connectivity index (χ3n) is 4.30. The third kappa shape index (κ3) is 4.17. The predicted molar refractivity (Wildman–Crippen MR) is 94.4 cm³/mol. The number of hydrogen-bond acceptors (Lipinski definition) is 4. The van der Waals surface area contributed by atoms with Gasteiger partial charge in [-0.1, -0.05) is 35.9 Å². The Morgan fingerprint density at radius 3 is 2.84 bits per heavy atom. The second kappa shape index (κ2) is 7.66. The lowest BCUT2D eigenvalue weighted by molar-refractivity contribution is -0.130. The summed E-state index contributed by atoms with van der Waals surface area (Å²) in [6, 6.07) is 11.1. The number of ether oxygens (including phenoxy) is 1. The smallest absolute Gasteiger partial charge is 0.340 e. The summed E-state index contributed by atoms with van der Waals surface area (Å²) in [5.74, 6) is -0.909. The average molecular weight is 359 g/mol. The van der Waals surface area contributed by atoms with E-state index in [2.05, 4.69) is 16.4 Å². The van der Waals surface area contributed by atoms with Crippen molar-refractivity contribution in [1.82, 2.24) is 10.3 Å². The molecular formula is C19H19ClN2O3. The highest BCUT2D eigenvalue weighted by atomic mass is 35.5. The van der Waals surface area contributed by atoms with Gasteiger partial charge in [-0.15, -0.1) is 0 Å². The normalized spacial score (nSPS) is 17.3. The van der Waals surface area contributed by atoms with E-state index in [1.807, 2.05) is 18.2 Å². The molecule has 0 aliphatic heterocycles. The van der Waals surface area contributed by atoms with Gasteiger partial charge in [-0.2, -0.15) is 0 Å². The van der Waals surface area contributed by atoms with Crippen LogP contribution in [0.1, 0.15) is 47.3 Å². The number of fused-ring (bicyclic) bond motifs is 1. The fourth-order valence-electron chi connectivity index (χ4n) is 2.97. The zero-order chi connectivity index (χ0) is 17.8. The molecule has 6 heteroatoms. The van der Waals surface area contributed by atoms with Gasteiger partial charge in [0.25, 0.3) is 5.91 Å². The number of carbonyl (C=O) groups is 2. The molecule has 2 atom stereocenters. The van der Waals surface area contributed by atoms with Crippen molar-refractivity contribution in [1.29, 1.82) is 0 Å². The number of rotatable bonds is 4. The van der Waals surface area contributed by atoms with Crippen molar-refractivity contribution in [2.45, 2.75) is 38.3 Å². The molecule has 0 saturated heterocycles. The monoisotopic (exact) mass is 358 g/mol. The maximum Gasteiger partial charge on any atom is 0.340 e. The Balaban J connectivity index is 1.62. The van der Waals surface area contributed by atoms with Gasteiger partial charge in [0.1, 0.15) is 5.15 Å². The Morgan fingerprint density at radius 2 is 2.08 bits per heavy atom. The summed E-state index contributed by atoms with van der Waals surface area (Å²) in [5.41, 5.74) is 2.66. The van der Waals surface area contributed by atoms with Crippen LogP contribution in [0.15, 0.2) is 42.6 Å². The fraction of sp³-hybridized carbons (Fsp3) is 0.316. The fourth-order valence-corrected chi connectivity index (χ4v) is 3.08. The molecule has 0 bridgehead atoms. The van der Waals surface area contributed by atoms with Crippen LogP contribution in [0.3, 0.4) is 0 Å². The number of aryl methyl sites for hydroxylation is 1. The number of nitrogens with one attached hydrogen (secondary N) is 1. The number of pyridine rings is 1. The molecule has 5 nitrogen and oxygen atoms in total. The van der Waals surface area contributed by atoms with Gasteiger partial charge in [0.15, 0.2) is 6.10 Å². The Labute approximate surface area is 151 Å². The minimum atomic E-state index is -0.891. The summed E-state index contributed by atoms with van der Waals surface area (Å²) >= 11 is 5.69. The molecule has 3 rings (SSSR count). The largest absolute Gasteiger partial charge is 0.449 e. The van der Waals surface area contributed by atoms with Gasteiger partial charge in [0.05, 0.1) is 11.6 Å². The Hall–Kier alpha value is -2.40. The number of benzene rings is 1. The number of amides is 1. The molecule has 0 fully saturated rings. The van der Waals surface area contributed by atoms with E-state index < -0.39 is 12.1 Å². The topological polar surface area (TPSA) is 68.3 Å². The highest BCUT2D eigenvalue weighted by Gasteiger charge is 2.25. The van der Waals surface area contributed by atoms with Crippen molar-refractivity contribution in [2.24, 2.45) is 0 Å². The maximum atomic E-state index is 12.4. The van der Waals surface area contributed by atoms with Crippen LogP contribution in [0.2, 0.25) is 5.15 Å². The first-order valence-electron chi connectivity index (χ1n) is 8.25. The van der Waals surface area contributed by atoms with Gasteiger partial charge in [0, 0.05) is 6.20 Å². The minimum absolute atomic E-state index is 0.0456. The molecule has 1 heterocycles. The van der Waals surface area contributed by atoms with Gasteiger partial charge in [-0.25, -0.2) is 9.78 Å². The second-order valence-electron chi connectivity index (χ2n) is 6.07. The molecule has 0 spiro atoms. The second-order valence-corrected chi connectivity index (χ2v) is 6.46. The van der Waals surface area contributed by atoms with Crippen molar-refractivity contribution in [3.05, 3.63) is 64.4 Å². The van der Waals surface area contributed by atoms with Crippen LogP contribution < -0.4 is 5.32 Å². The first-order valence-corrected chi connectivity index (χ1v) is 8.63. The molecule has 1 amide bonds. The van der Waals surface area contributed by atoms with E-state index in [1.165, 1.54) is 23.9 Å². The molecule has 1 N–H and O–H groups in total. The van der Waals surface area contributed by atoms with Gasteiger partial charge < -0.3 is 10.1 Å². The SMILES string of the molecule is C[C@H](OC(=O)c1ccc(Cl)nc1)C(=O)N[C@H]1CCCc2ccccc21. The number of hydrogen-bond donors (Lipinski definition) is 1. The van der Waals surface area contributed by atoms with Gasteiger partial charge in [-0.3, -0.25) is 4.79 Å². The first-order chi connectivity index (χ1) is 12.0. The van der Waals surface area contributed by atoms with Crippen molar-refractivity contribution < 1.29 is 14.3 Å². The number of halogens is 1. The quantitative estimate of drug-likeness (QED) is 0.671. The Morgan fingerprint density at radius 1 is 1.28 bits per heavy atom. The van der Waals surface area contributed by atoms with E-state index in [-0.39, 0.29) is 17.5 Å². The van der Waals surface area contributed by atoms with E-state index >= 15 is 0 Å². The summed E-state index contributed by atoms with van der Waals surface area (Å²) in [6.45, 7) is 1.56. The van der Waals surface area contributed by atoms with Crippen LogP contribution >= 0.6 is 11.6 Å². The molecule has 0 saturated carbocycles. The standard InChI is InChI=1S/C19H19ClN2O3/c1-12(25-19(24)14-9-10-17(20)21-11-14)18(23)22-16-8-4-6-13-5-2-3-7-15(13)16/h2-3,5,7,9-12,16H,4,6,8H2,1H3,(H,22,23)/t12-,16-/m0/s1. The predicted octanol–water partition coefficient (Wildman–Crippen LogP) is 3.47. The van der Waals surface area contributed by atoms with Crippen LogP contribution in [0.4, 0.5) is 0 Å². The lowest BCUT2D eigenvalue weighted by Gasteiger charge is -2.27. The van der Waals surface area contributed by atoms with Crippen LogP contribution in [-0.4, -0.2) is 23.0 Å². The van der Waals surface area contributed by atoms with E-state index in [9.17, 15) is 9.59 Å². The molecule has 0 radical (unpaired) electrons. The minimum Gasteiger partial charge on any atom is -0.449 e. The van der Waals surface area contributed by atoms with Gasteiger partial charge in [0.2, 0.25) is 0 Å². The van der Waals surface area contributed by atoms with Crippen molar-refractivity contribution in [3.8, 4) is 0 Å². The molecule has 1 aliphatic carbocycles. The highest BCUT2D eigenvalue weighted by molar-refractivity contribution is 6.29. The van der Waals surface area contributed by atoms with Crippen molar-refractivity contribution in [2.75, 3.05) is 0 Å². The molecule has 1 aromatic carbocycles. The third-order valence-corrected chi connectivity index (χ3v) is 4.53. The van der Waals surface area contributed by atoms with Crippen LogP contribution in [0, 0.1) is 0 Å². The van der Waals surface area contributed by atoms with Crippen LogP contribution in [0.5, 0.6) is 0 Å². The molecule has 130 valence electrons. The highest BCUT2D eigenvalue weighted by Crippen LogP contribution is 2.29. The molecule has 25 heavy (non-hydrogen) atoms. The molecular weight excluding hydrogens is 340 g/mol. The Bertz CT molecular complexity index is 776. The van der Waals surface area contributed by atoms with E-state index in [0.29, 0.717) is 5.15 Å². The molecule has 0 unspecified atom stereocenters. The number of esters is 1. The summed E-state index contributed by atoms with van der Waals surface area (Å²) < 4.78 is 5.23. The molecule has 1 aliphatic rings. The summed E-state index contributed by atoms with van der Waals surface area (Å²) in [4.78, 5) is 28.3. The average Bonchev–Trinajstić information content (AvgIpc) is 2.62. The van der Waals surface area contributed by atoms with Crippen LogP contribution in [-0.2, 0) is 16.0 Å². The zero-order valence-corrected chi connectivity index (χ0v) is 14.6. The summed E-state index contributed by atoms with van der Waals surface area (Å²) in [6.07, 6.45) is 3.36. The Kier molecular flexibility index (Phi) is 5.34. The van der Waals surface area contributed by atoms with Crippen molar-refractivity contribution >= 4 is 23.5 Å². The van der Waals surface area contributed by atoms with Gasteiger partial charge in [-0.05, 0) is 49.4 Å². The lowest BCUT2D eigenvalue weighted by Crippen LogP contribution is -2.39. The zero-order valence-electron chi connectivity index (χ0n) is 13.9. The summed E-state index contributed by atoms with van der Waals surface area (Å²) in [7, 11) is 0. The van der Waals surface area contributed by atoms with E-state index in [0.717, 1.165) is 24.8 Å². The van der Waals surface area contributed by atoms with E-state index in [4.69, 9.17) is 16.3 Å². The molecule has 2 aromatic rings. The number of carbonyl (C=O) groups excluding carboxylic acids is 2. The van der Waals surface area contributed by atoms with E-state index in [1.54, 1.807) is 6.92 Å². The first kappa shape index (κ1) is 17.4. The summed E-state index contributed by atoms with van der Waals surface area (Å²) in [5, 5.41) is 3.28. The number of aromatic nitrogens is 1. The van der Waals surface area contributed by atoms with Crippen molar-refractivity contribution in [3.63, 3.8) is 0 Å². The van der Waals surface area contributed by atoms with Crippen LogP contribution in [0.25, 0.3) is 0 Å².